The van der Waals surface area contributed by atoms with E-state index in [9.17, 15) is 9.36 Å². The van der Waals surface area contributed by atoms with Crippen LogP contribution in [0.2, 0.25) is 0 Å². The number of aromatic nitrogens is 4. The molecule has 3 N–H and O–H groups in total. The number of ether oxygens (including phenoxy) is 3. The van der Waals surface area contributed by atoms with Crippen molar-refractivity contribution >= 4 is 30.5 Å². The van der Waals surface area contributed by atoms with E-state index in [1.807, 2.05) is 37.3 Å². The van der Waals surface area contributed by atoms with Gasteiger partial charge in [0.05, 0.1) is 12.9 Å². The number of para-hydroxylation sites is 1. The van der Waals surface area contributed by atoms with Crippen LogP contribution in [0.15, 0.2) is 85.2 Å². The zero-order valence-electron chi connectivity index (χ0n) is 22.7. The topological polar surface area (TPSA) is 153 Å². The average molecular weight is 597 g/mol. The minimum atomic E-state index is -3.98. The Balaban J connectivity index is 1.34. The number of anilines is 1. The zero-order valence-corrected chi connectivity index (χ0v) is 23.6. The number of fused-ring (bicyclic) bond motifs is 1. The van der Waals surface area contributed by atoms with Crippen molar-refractivity contribution in [3.8, 4) is 5.75 Å². The zero-order chi connectivity index (χ0) is 29.5. The molecule has 0 fully saturated rings. The van der Waals surface area contributed by atoms with Gasteiger partial charge >= 0.3 is 13.5 Å². The van der Waals surface area contributed by atoms with E-state index in [2.05, 4.69) is 20.0 Å². The molecule has 0 bridgehead atoms. The van der Waals surface area contributed by atoms with Crippen molar-refractivity contribution in [3.05, 3.63) is 90.8 Å². The number of hydrogen-bond donors (Lipinski definition) is 2. The molecule has 0 saturated heterocycles. The summed E-state index contributed by atoms with van der Waals surface area (Å²) in [5.41, 5.74) is 7.22. The number of nitrogens with zero attached hydrogens (tertiary/aromatic N) is 4. The molecule has 5 rings (SSSR count). The number of benzene rings is 2. The van der Waals surface area contributed by atoms with Gasteiger partial charge in [-0.25, -0.2) is 24.4 Å². The van der Waals surface area contributed by atoms with Gasteiger partial charge in [0.1, 0.15) is 23.6 Å². The summed E-state index contributed by atoms with van der Waals surface area (Å²) in [5, 5.41) is 2.86. The van der Waals surface area contributed by atoms with Crippen LogP contribution in [-0.4, -0.2) is 50.8 Å². The predicted molar refractivity (Wildman–Crippen MR) is 152 cm³/mol. The molecule has 1 aliphatic heterocycles. The fourth-order valence-electron chi connectivity index (χ4n) is 4.26. The molecule has 12 nitrogen and oxygen atoms in total. The van der Waals surface area contributed by atoms with Gasteiger partial charge in [0.15, 0.2) is 36.2 Å². The summed E-state index contributed by atoms with van der Waals surface area (Å²) in [4.78, 5) is 25.2. The van der Waals surface area contributed by atoms with Gasteiger partial charge in [0.25, 0.3) is 0 Å². The molecule has 42 heavy (non-hydrogen) atoms. The van der Waals surface area contributed by atoms with E-state index in [4.69, 9.17) is 24.5 Å². The van der Waals surface area contributed by atoms with Gasteiger partial charge in [-0.15, -0.1) is 0 Å². The molecule has 4 aromatic rings. The van der Waals surface area contributed by atoms with Crippen LogP contribution in [0.5, 0.6) is 5.75 Å². The van der Waals surface area contributed by atoms with Crippen LogP contribution in [0.25, 0.3) is 11.2 Å². The number of nitrogen functional groups attached to an aromatic ring is 1. The summed E-state index contributed by atoms with van der Waals surface area (Å²) in [6, 6.07) is 16.7. The number of esters is 1. The normalized spacial score (nSPS) is 18.8. The molecule has 2 aromatic carbocycles. The second-order valence-electron chi connectivity index (χ2n) is 9.40. The molecule has 3 heterocycles. The maximum absolute atomic E-state index is 15.0. The van der Waals surface area contributed by atoms with Crippen molar-refractivity contribution in [2.75, 3.05) is 18.7 Å². The minimum absolute atomic E-state index is 0.140. The van der Waals surface area contributed by atoms with Crippen LogP contribution in [0.3, 0.4) is 0 Å². The monoisotopic (exact) mass is 596 g/mol. The lowest BCUT2D eigenvalue weighted by Crippen LogP contribution is -2.40. The number of carbonyl (C=O) groups excluding carboxylic acids is 1. The Kier molecular flexibility index (Phi) is 9.23. The van der Waals surface area contributed by atoms with Crippen LogP contribution in [0, 0.1) is 0 Å². The first-order valence-electron chi connectivity index (χ1n) is 13.2. The van der Waals surface area contributed by atoms with E-state index in [0.717, 1.165) is 11.6 Å². The molecule has 14 heteroatoms. The highest BCUT2D eigenvalue weighted by Crippen LogP contribution is 2.45. The lowest BCUT2D eigenvalue weighted by atomic mass is 10.1. The molecular weight excluding hydrogens is 566 g/mol. The Hall–Kier alpha value is -4.16. The van der Waals surface area contributed by atoms with Crippen molar-refractivity contribution in [3.63, 3.8) is 0 Å². The van der Waals surface area contributed by atoms with Gasteiger partial charge < -0.3 is 24.5 Å². The van der Waals surface area contributed by atoms with Crippen LogP contribution in [0.4, 0.5) is 10.2 Å². The lowest BCUT2D eigenvalue weighted by molar-refractivity contribution is -0.145. The molecule has 0 saturated carbocycles. The number of nitrogens with two attached hydrogens (primary N) is 1. The van der Waals surface area contributed by atoms with E-state index in [1.165, 1.54) is 17.2 Å². The third-order valence-electron chi connectivity index (χ3n) is 6.21. The summed E-state index contributed by atoms with van der Waals surface area (Å²) in [7, 11) is -3.98. The molecule has 1 aliphatic rings. The highest BCUT2D eigenvalue weighted by molar-refractivity contribution is 7.57. The number of hydrogen-bond acceptors (Lipinski definition) is 10. The van der Waals surface area contributed by atoms with Crippen LogP contribution in [0.1, 0.15) is 25.1 Å². The van der Waals surface area contributed by atoms with E-state index in [-0.39, 0.29) is 30.2 Å². The Morgan fingerprint density at radius 2 is 1.88 bits per heavy atom. The molecule has 0 spiro atoms. The quantitative estimate of drug-likeness (QED) is 0.166. The highest BCUT2D eigenvalue weighted by atomic mass is 31.2. The van der Waals surface area contributed by atoms with Gasteiger partial charge in [-0.05, 0) is 30.5 Å². The third-order valence-corrected chi connectivity index (χ3v) is 7.91. The standard InChI is InChI=1S/C28H30FN6O6P/c1-2-13-38-28(36)22(14-19-9-5-3-6-10-19)34-42(37,41-20-11-7-4-8-12-20)18-39-23-15-21(29)27(40-23)35-17-33-24-25(30)31-16-32-26(24)35/h3-12,15-17,22-23,27H,2,13-14,18H2,1H3,(H,34,37)(H2,30,31,32)/t22?,23-,27+,42?/m0/s1. The second-order valence-corrected chi connectivity index (χ2v) is 11.4. The maximum Gasteiger partial charge on any atom is 0.342 e. The number of carbonyl (C=O) groups is 1. The molecule has 0 radical (unpaired) electrons. The average Bonchev–Trinajstić information content (AvgIpc) is 3.59. The largest absolute Gasteiger partial charge is 0.465 e. The second kappa shape index (κ2) is 13.2. The van der Waals surface area contributed by atoms with Crippen molar-refractivity contribution in [2.45, 2.75) is 38.3 Å². The molecular formula is C28H30FN6O6P. The lowest BCUT2D eigenvalue weighted by Gasteiger charge is -2.26. The van der Waals surface area contributed by atoms with Crippen molar-refractivity contribution in [2.24, 2.45) is 0 Å². The molecule has 0 aliphatic carbocycles. The van der Waals surface area contributed by atoms with Crippen molar-refractivity contribution < 1.29 is 32.5 Å². The van der Waals surface area contributed by atoms with Crippen molar-refractivity contribution in [1.29, 1.82) is 0 Å². The van der Waals surface area contributed by atoms with E-state index >= 15 is 4.39 Å². The number of imidazole rings is 1. The molecule has 0 amide bonds. The smallest absolute Gasteiger partial charge is 0.342 e. The molecule has 2 aromatic heterocycles. The van der Waals surface area contributed by atoms with Crippen LogP contribution < -0.4 is 15.3 Å². The first-order chi connectivity index (χ1) is 20.3. The number of nitrogens with one attached hydrogen (secondary N) is 1. The SMILES string of the molecule is CCCOC(=O)C(Cc1ccccc1)NP(=O)(CO[C@@H]1C=C(F)[C@H](n2cnc3c(N)ncnc32)O1)Oc1ccccc1. The van der Waals surface area contributed by atoms with E-state index in [0.29, 0.717) is 11.9 Å². The van der Waals surface area contributed by atoms with E-state index in [1.54, 1.807) is 30.3 Å². The Morgan fingerprint density at radius 1 is 1.14 bits per heavy atom. The fourth-order valence-corrected chi connectivity index (χ4v) is 5.91. The van der Waals surface area contributed by atoms with Crippen LogP contribution in [-0.2, 0) is 30.0 Å². The van der Waals surface area contributed by atoms with E-state index < -0.39 is 44.2 Å². The Morgan fingerprint density at radius 3 is 2.62 bits per heavy atom. The number of halogens is 1. The molecule has 2 unspecified atom stereocenters. The fraction of sp³-hybridized carbons (Fsp3) is 0.286. The summed E-state index contributed by atoms with van der Waals surface area (Å²) in [6.07, 6.45) is 1.43. The van der Waals surface area contributed by atoms with Gasteiger partial charge in [0.2, 0.25) is 0 Å². The Labute approximate surface area is 241 Å². The van der Waals surface area contributed by atoms with Gasteiger partial charge in [-0.2, -0.15) is 0 Å². The summed E-state index contributed by atoms with van der Waals surface area (Å²) in [5.74, 6) is -0.838. The van der Waals surface area contributed by atoms with Gasteiger partial charge in [-0.3, -0.25) is 13.9 Å². The van der Waals surface area contributed by atoms with Gasteiger partial charge in [0, 0.05) is 6.08 Å². The maximum atomic E-state index is 15.0. The van der Waals surface area contributed by atoms with Crippen molar-refractivity contribution in [1.82, 2.24) is 24.6 Å². The summed E-state index contributed by atoms with van der Waals surface area (Å²) >= 11 is 0. The third kappa shape index (κ3) is 7.00. The summed E-state index contributed by atoms with van der Waals surface area (Å²) in [6.45, 7) is 2.08. The molecule has 220 valence electrons. The Bertz CT molecular complexity index is 1590. The van der Waals surface area contributed by atoms with Gasteiger partial charge in [-0.1, -0.05) is 55.5 Å². The first kappa shape index (κ1) is 29.3. The minimum Gasteiger partial charge on any atom is -0.465 e. The predicted octanol–water partition coefficient (Wildman–Crippen LogP) is 4.52. The van der Waals surface area contributed by atoms with Crippen LogP contribution >= 0.6 is 7.52 Å². The number of rotatable bonds is 13. The highest BCUT2D eigenvalue weighted by Gasteiger charge is 2.37. The first-order valence-corrected chi connectivity index (χ1v) is 15.1. The summed E-state index contributed by atoms with van der Waals surface area (Å²) < 4.78 is 53.4. The molecule has 4 atom stereocenters.